The first kappa shape index (κ1) is 13.1. The zero-order valence-electron chi connectivity index (χ0n) is 12.4. The van der Waals surface area contributed by atoms with Gasteiger partial charge in [0.15, 0.2) is 5.79 Å². The summed E-state index contributed by atoms with van der Waals surface area (Å²) in [5.41, 5.74) is 2.70. The van der Waals surface area contributed by atoms with E-state index in [0.717, 1.165) is 11.1 Å². The first-order chi connectivity index (χ1) is 10.0. The molecular weight excluding hydrogens is 270 g/mol. The number of rotatable bonds is 2. The molecule has 1 fully saturated rings. The minimum absolute atomic E-state index is 0.0216. The maximum atomic E-state index is 12.1. The van der Waals surface area contributed by atoms with E-state index in [2.05, 4.69) is 17.1 Å². The Bertz CT molecular complexity index is 630. The summed E-state index contributed by atoms with van der Waals surface area (Å²) in [5, 5.41) is 0. The predicted molar refractivity (Wildman–Crippen MR) is 75.2 cm³/mol. The van der Waals surface area contributed by atoms with Crippen LogP contribution in [-0.4, -0.2) is 35.6 Å². The van der Waals surface area contributed by atoms with Gasteiger partial charge in [-0.3, -0.25) is 0 Å². The van der Waals surface area contributed by atoms with E-state index in [4.69, 9.17) is 14.2 Å². The number of carbonyl (C=O) groups excluding carboxylic acids is 1. The number of ether oxygens (including phenoxy) is 3. The lowest BCUT2D eigenvalue weighted by atomic mass is 9.69. The van der Waals surface area contributed by atoms with Gasteiger partial charge in [0.05, 0.1) is 18.8 Å². The minimum Gasteiger partial charge on any atom is -0.461 e. The highest BCUT2D eigenvalue weighted by atomic mass is 16.8. The van der Waals surface area contributed by atoms with Crippen molar-refractivity contribution >= 4 is 5.97 Å². The number of hydrogen-bond donors (Lipinski definition) is 1. The molecule has 1 aliphatic heterocycles. The van der Waals surface area contributed by atoms with Gasteiger partial charge in [-0.15, -0.1) is 0 Å². The third-order valence-corrected chi connectivity index (χ3v) is 4.52. The van der Waals surface area contributed by atoms with E-state index in [0.29, 0.717) is 12.3 Å². The predicted octanol–water partition coefficient (Wildman–Crippen LogP) is 2.46. The Labute approximate surface area is 123 Å². The van der Waals surface area contributed by atoms with Crippen LogP contribution in [0.5, 0.6) is 0 Å². The summed E-state index contributed by atoms with van der Waals surface area (Å²) in [6, 6.07) is 0. The quantitative estimate of drug-likeness (QED) is 0.671. The lowest BCUT2D eigenvalue weighted by Crippen LogP contribution is -2.41. The number of esters is 1. The highest BCUT2D eigenvalue weighted by Gasteiger charge is 2.55. The Hall–Kier alpha value is -1.59. The summed E-state index contributed by atoms with van der Waals surface area (Å²) in [5.74, 6) is -0.692. The SMILES string of the molecule is CCOC(=O)c1[nH]cc2c1[C@H]1C=C[C@@H]2[C@@H]2OC(C)(C)O[C@@H]21. The molecule has 0 saturated carbocycles. The molecule has 0 amide bonds. The van der Waals surface area contributed by atoms with Crippen molar-refractivity contribution in [1.29, 1.82) is 0 Å². The molecule has 112 valence electrons. The lowest BCUT2D eigenvalue weighted by Gasteiger charge is -2.39. The fraction of sp³-hybridized carbons (Fsp3) is 0.562. The molecule has 1 saturated heterocycles. The Balaban J connectivity index is 1.77. The van der Waals surface area contributed by atoms with Gasteiger partial charge in [-0.25, -0.2) is 4.79 Å². The highest BCUT2D eigenvalue weighted by Crippen LogP contribution is 2.53. The molecule has 0 aromatic carbocycles. The van der Waals surface area contributed by atoms with Crippen LogP contribution in [0.15, 0.2) is 18.3 Å². The van der Waals surface area contributed by atoms with E-state index in [1.165, 1.54) is 0 Å². The van der Waals surface area contributed by atoms with Crippen molar-refractivity contribution in [3.05, 3.63) is 35.2 Å². The molecule has 1 N–H and O–H groups in total. The fourth-order valence-corrected chi connectivity index (χ4v) is 3.83. The standard InChI is InChI=1S/C16H19NO4/c1-4-19-15(18)12-11-9-6-5-8(10(11)7-17-12)13-14(9)21-16(2,3)20-13/h5-9,13-14,17H,4H2,1-3H3/t8-,9+,13-,14+/m0/s1. The van der Waals surface area contributed by atoms with E-state index < -0.39 is 5.79 Å². The number of nitrogens with one attached hydrogen (secondary N) is 1. The van der Waals surface area contributed by atoms with Gasteiger partial charge in [-0.1, -0.05) is 12.2 Å². The summed E-state index contributed by atoms with van der Waals surface area (Å²) >= 11 is 0. The van der Waals surface area contributed by atoms with Crippen molar-refractivity contribution in [1.82, 2.24) is 4.98 Å². The van der Waals surface area contributed by atoms with Gasteiger partial charge in [0.1, 0.15) is 5.69 Å². The molecule has 0 spiro atoms. The highest BCUT2D eigenvalue weighted by molar-refractivity contribution is 5.90. The Morgan fingerprint density at radius 1 is 1.29 bits per heavy atom. The molecule has 2 bridgehead atoms. The second-order valence-electron chi connectivity index (χ2n) is 6.25. The molecule has 4 atom stereocenters. The van der Waals surface area contributed by atoms with Crippen LogP contribution in [0.2, 0.25) is 0 Å². The summed E-state index contributed by atoms with van der Waals surface area (Å²) in [6.45, 7) is 6.06. The average molecular weight is 289 g/mol. The molecule has 0 radical (unpaired) electrons. The molecule has 21 heavy (non-hydrogen) atoms. The Kier molecular flexibility index (Phi) is 2.63. The van der Waals surface area contributed by atoms with Gasteiger partial charge in [0.2, 0.25) is 0 Å². The number of aromatic nitrogens is 1. The third-order valence-electron chi connectivity index (χ3n) is 4.52. The third kappa shape index (κ3) is 1.74. The van der Waals surface area contributed by atoms with Crippen molar-refractivity contribution < 1.29 is 19.0 Å². The summed E-state index contributed by atoms with van der Waals surface area (Å²) in [6.07, 6.45) is 6.20. The van der Waals surface area contributed by atoms with Crippen molar-refractivity contribution in [3.63, 3.8) is 0 Å². The number of carbonyl (C=O) groups is 1. The van der Waals surface area contributed by atoms with Gasteiger partial charge in [0.25, 0.3) is 0 Å². The second-order valence-corrected chi connectivity index (χ2v) is 6.25. The zero-order valence-corrected chi connectivity index (χ0v) is 12.4. The molecule has 5 nitrogen and oxygen atoms in total. The van der Waals surface area contributed by atoms with Gasteiger partial charge in [-0.2, -0.15) is 0 Å². The van der Waals surface area contributed by atoms with E-state index in [1.807, 2.05) is 27.0 Å². The van der Waals surface area contributed by atoms with E-state index in [9.17, 15) is 4.79 Å². The van der Waals surface area contributed by atoms with Crippen LogP contribution < -0.4 is 0 Å². The molecule has 3 aliphatic carbocycles. The first-order valence-electron chi connectivity index (χ1n) is 7.44. The van der Waals surface area contributed by atoms with Gasteiger partial charge in [-0.05, 0) is 31.9 Å². The maximum Gasteiger partial charge on any atom is 0.355 e. The van der Waals surface area contributed by atoms with Crippen LogP contribution in [0.4, 0.5) is 0 Å². The van der Waals surface area contributed by atoms with E-state index in [-0.39, 0.29) is 30.0 Å². The van der Waals surface area contributed by atoms with Crippen LogP contribution >= 0.6 is 0 Å². The monoisotopic (exact) mass is 289 g/mol. The normalized spacial score (nSPS) is 34.6. The Morgan fingerprint density at radius 2 is 1.95 bits per heavy atom. The Morgan fingerprint density at radius 3 is 2.67 bits per heavy atom. The largest absolute Gasteiger partial charge is 0.461 e. The smallest absolute Gasteiger partial charge is 0.355 e. The fourth-order valence-electron chi connectivity index (χ4n) is 3.83. The molecule has 1 aromatic rings. The van der Waals surface area contributed by atoms with Crippen molar-refractivity contribution in [2.45, 2.75) is 50.6 Å². The molecule has 0 unspecified atom stereocenters. The van der Waals surface area contributed by atoms with Crippen LogP contribution in [0.1, 0.15) is 54.2 Å². The zero-order chi connectivity index (χ0) is 14.8. The number of hydrogen-bond acceptors (Lipinski definition) is 4. The van der Waals surface area contributed by atoms with Crippen molar-refractivity contribution in [2.75, 3.05) is 6.61 Å². The second kappa shape index (κ2) is 4.21. The van der Waals surface area contributed by atoms with Crippen LogP contribution in [0.25, 0.3) is 0 Å². The molecule has 4 aliphatic rings. The molecule has 5 heteroatoms. The lowest BCUT2D eigenvalue weighted by molar-refractivity contribution is -0.146. The van der Waals surface area contributed by atoms with Gasteiger partial charge in [0, 0.05) is 18.0 Å². The maximum absolute atomic E-state index is 12.1. The van der Waals surface area contributed by atoms with E-state index in [1.54, 1.807) is 0 Å². The van der Waals surface area contributed by atoms with Crippen molar-refractivity contribution in [3.8, 4) is 0 Å². The van der Waals surface area contributed by atoms with Gasteiger partial charge < -0.3 is 19.2 Å². The van der Waals surface area contributed by atoms with Crippen LogP contribution in [-0.2, 0) is 14.2 Å². The van der Waals surface area contributed by atoms with Crippen molar-refractivity contribution in [2.24, 2.45) is 0 Å². The average Bonchev–Trinajstić information content (AvgIpc) is 2.99. The summed E-state index contributed by atoms with van der Waals surface area (Å²) in [7, 11) is 0. The van der Waals surface area contributed by atoms with Gasteiger partial charge >= 0.3 is 5.97 Å². The van der Waals surface area contributed by atoms with E-state index >= 15 is 0 Å². The molecular formula is C16H19NO4. The number of H-pyrrole nitrogens is 1. The topological polar surface area (TPSA) is 60.6 Å². The van der Waals surface area contributed by atoms with Crippen LogP contribution in [0.3, 0.4) is 0 Å². The molecule has 2 heterocycles. The minimum atomic E-state index is -0.574. The molecule has 1 aromatic heterocycles. The molecule has 5 rings (SSSR count). The first-order valence-corrected chi connectivity index (χ1v) is 7.44. The summed E-state index contributed by atoms with van der Waals surface area (Å²) < 4.78 is 17.3. The number of aromatic amines is 1. The summed E-state index contributed by atoms with van der Waals surface area (Å²) in [4.78, 5) is 15.2. The van der Waals surface area contributed by atoms with Crippen LogP contribution in [0, 0.1) is 0 Å².